The van der Waals surface area contributed by atoms with Gasteiger partial charge in [0.2, 0.25) is 5.95 Å². The third kappa shape index (κ3) is 5.51. The van der Waals surface area contributed by atoms with E-state index in [9.17, 15) is 4.79 Å². The second-order valence-electron chi connectivity index (χ2n) is 9.05. The molecule has 2 aromatic rings. The number of carbonyl (C=O) groups excluding carboxylic acids is 1. The Labute approximate surface area is 195 Å². The van der Waals surface area contributed by atoms with E-state index in [4.69, 9.17) is 17.3 Å². The van der Waals surface area contributed by atoms with Crippen LogP contribution in [0.4, 0.5) is 11.8 Å². The number of halogens is 1. The molecule has 0 spiro atoms. The number of hydrogen-bond donors (Lipinski definition) is 2. The predicted octanol–water partition coefficient (Wildman–Crippen LogP) is 4.57. The van der Waals surface area contributed by atoms with E-state index in [0.29, 0.717) is 22.4 Å². The first kappa shape index (κ1) is 22.8. The maximum Gasteiger partial charge on any atom is 0.269 e. The Hall–Kier alpha value is -2.38. The van der Waals surface area contributed by atoms with Crippen LogP contribution in [0.5, 0.6) is 0 Å². The third-order valence-corrected chi connectivity index (χ3v) is 7.00. The van der Waals surface area contributed by atoms with E-state index < -0.39 is 0 Å². The fourth-order valence-corrected chi connectivity index (χ4v) is 5.08. The highest BCUT2D eigenvalue weighted by molar-refractivity contribution is 6.32. The molecule has 0 atom stereocenters. The molecule has 8 heteroatoms. The summed E-state index contributed by atoms with van der Waals surface area (Å²) in [6, 6.07) is 8.67. The molecule has 2 aliphatic carbocycles. The maximum atomic E-state index is 13.1. The van der Waals surface area contributed by atoms with E-state index in [1.54, 1.807) is 5.01 Å². The predicted molar refractivity (Wildman–Crippen MR) is 128 cm³/mol. The lowest BCUT2D eigenvalue weighted by Gasteiger charge is -2.31. The van der Waals surface area contributed by atoms with Gasteiger partial charge in [-0.25, -0.2) is 4.98 Å². The first-order valence-corrected chi connectivity index (χ1v) is 12.1. The zero-order valence-corrected chi connectivity index (χ0v) is 19.5. The lowest BCUT2D eigenvalue weighted by molar-refractivity contribution is 0.0944. The van der Waals surface area contributed by atoms with Crippen molar-refractivity contribution in [3.8, 4) is 0 Å². The van der Waals surface area contributed by atoms with Gasteiger partial charge in [-0.3, -0.25) is 20.1 Å². The zero-order chi connectivity index (χ0) is 22.5. The Bertz CT molecular complexity index is 909. The van der Waals surface area contributed by atoms with Gasteiger partial charge in [0.25, 0.3) is 5.91 Å². The molecule has 1 heterocycles. The zero-order valence-electron chi connectivity index (χ0n) is 18.8. The Morgan fingerprint density at radius 3 is 2.38 bits per heavy atom. The molecule has 0 unspecified atom stereocenters. The van der Waals surface area contributed by atoms with Crippen LogP contribution in [-0.4, -0.2) is 39.9 Å². The Morgan fingerprint density at radius 2 is 1.69 bits per heavy atom. The van der Waals surface area contributed by atoms with Crippen molar-refractivity contribution in [3.63, 3.8) is 0 Å². The fourth-order valence-electron chi connectivity index (χ4n) is 4.89. The summed E-state index contributed by atoms with van der Waals surface area (Å²) in [5.74, 6) is 0.399. The second-order valence-corrected chi connectivity index (χ2v) is 9.46. The molecule has 172 valence electrons. The lowest BCUT2D eigenvalue weighted by Crippen LogP contribution is -2.48. The minimum absolute atomic E-state index is 0.132. The lowest BCUT2D eigenvalue weighted by atomic mass is 9.94. The fraction of sp³-hybridized carbons (Fsp3) is 0.542. The topological polar surface area (TPSA) is 87.4 Å². The number of amides is 1. The van der Waals surface area contributed by atoms with E-state index in [1.807, 2.05) is 24.3 Å². The van der Waals surface area contributed by atoms with Crippen LogP contribution < -0.4 is 16.2 Å². The molecule has 2 saturated carbocycles. The van der Waals surface area contributed by atoms with Gasteiger partial charge in [-0.2, -0.15) is 4.98 Å². The summed E-state index contributed by atoms with van der Waals surface area (Å²) in [5.41, 5.74) is 10.6. The standard InChI is InChI=1S/C24H33ClN6O/c1-30(19-7-3-2-4-8-19)16-17-11-13-18(14-12-17)23(32)29-31(20-9-5-6-10-20)22-21(25)15-27-24(26)28-22/h11-15,19-20H,2-10,16H2,1H3,(H,29,32)(H2,26,27,28). The number of nitrogens with zero attached hydrogens (tertiary/aromatic N) is 4. The Balaban J connectivity index is 1.44. The van der Waals surface area contributed by atoms with Gasteiger partial charge in [0.05, 0.1) is 12.2 Å². The number of nitrogens with one attached hydrogen (secondary N) is 1. The van der Waals surface area contributed by atoms with Crippen molar-refractivity contribution in [1.29, 1.82) is 0 Å². The molecule has 0 radical (unpaired) electrons. The second kappa shape index (κ2) is 10.5. The molecule has 32 heavy (non-hydrogen) atoms. The highest BCUT2D eigenvalue weighted by atomic mass is 35.5. The van der Waals surface area contributed by atoms with Crippen molar-refractivity contribution >= 4 is 29.3 Å². The van der Waals surface area contributed by atoms with Gasteiger partial charge in [-0.1, -0.05) is 55.8 Å². The molecule has 0 bridgehead atoms. The molecule has 1 amide bonds. The van der Waals surface area contributed by atoms with Crippen molar-refractivity contribution in [2.75, 3.05) is 17.8 Å². The monoisotopic (exact) mass is 456 g/mol. The smallest absolute Gasteiger partial charge is 0.269 e. The van der Waals surface area contributed by atoms with Crippen molar-refractivity contribution < 1.29 is 4.79 Å². The van der Waals surface area contributed by atoms with Crippen LogP contribution in [0.25, 0.3) is 0 Å². The average Bonchev–Trinajstić information content (AvgIpc) is 3.35. The largest absolute Gasteiger partial charge is 0.368 e. The number of benzene rings is 1. The van der Waals surface area contributed by atoms with E-state index >= 15 is 0 Å². The van der Waals surface area contributed by atoms with Crippen LogP contribution in [0, 0.1) is 0 Å². The van der Waals surface area contributed by atoms with E-state index in [0.717, 1.165) is 32.2 Å². The number of rotatable bonds is 7. The van der Waals surface area contributed by atoms with Crippen LogP contribution >= 0.6 is 11.6 Å². The van der Waals surface area contributed by atoms with Crippen molar-refractivity contribution in [3.05, 3.63) is 46.6 Å². The molecule has 7 nitrogen and oxygen atoms in total. The Morgan fingerprint density at radius 1 is 1.06 bits per heavy atom. The van der Waals surface area contributed by atoms with Crippen LogP contribution in [0.15, 0.2) is 30.5 Å². The van der Waals surface area contributed by atoms with Crippen molar-refractivity contribution in [2.24, 2.45) is 0 Å². The summed E-state index contributed by atoms with van der Waals surface area (Å²) in [7, 11) is 2.20. The van der Waals surface area contributed by atoms with Gasteiger partial charge in [-0.05, 0) is 50.4 Å². The summed E-state index contributed by atoms with van der Waals surface area (Å²) >= 11 is 6.35. The van der Waals surface area contributed by atoms with Gasteiger partial charge in [-0.15, -0.1) is 0 Å². The van der Waals surface area contributed by atoms with Crippen molar-refractivity contribution in [1.82, 2.24) is 20.3 Å². The molecule has 0 aliphatic heterocycles. The van der Waals surface area contributed by atoms with E-state index in [1.165, 1.54) is 43.9 Å². The molecular weight excluding hydrogens is 424 g/mol. The van der Waals surface area contributed by atoms with Gasteiger partial charge in [0, 0.05) is 18.2 Å². The summed E-state index contributed by atoms with van der Waals surface area (Å²) < 4.78 is 0. The number of hydrogen-bond acceptors (Lipinski definition) is 6. The van der Waals surface area contributed by atoms with Crippen LogP contribution in [0.1, 0.15) is 73.7 Å². The molecule has 2 aliphatic rings. The average molecular weight is 457 g/mol. The van der Waals surface area contributed by atoms with Crippen LogP contribution in [0.2, 0.25) is 5.02 Å². The highest BCUT2D eigenvalue weighted by Crippen LogP contribution is 2.30. The Kier molecular flexibility index (Phi) is 7.48. The normalized spacial score (nSPS) is 17.6. The third-order valence-electron chi connectivity index (χ3n) is 6.73. The summed E-state index contributed by atoms with van der Waals surface area (Å²) in [6.45, 7) is 0.899. The highest BCUT2D eigenvalue weighted by Gasteiger charge is 2.28. The molecule has 4 rings (SSSR count). The molecular formula is C24H33ClN6O. The molecule has 3 N–H and O–H groups in total. The number of carbonyl (C=O) groups is 1. The first-order valence-electron chi connectivity index (χ1n) is 11.7. The quantitative estimate of drug-likeness (QED) is 0.593. The number of anilines is 2. The van der Waals surface area contributed by atoms with Gasteiger partial charge in [0.1, 0.15) is 5.02 Å². The summed E-state index contributed by atoms with van der Waals surface area (Å²) in [4.78, 5) is 23.8. The van der Waals surface area contributed by atoms with Gasteiger partial charge < -0.3 is 5.73 Å². The van der Waals surface area contributed by atoms with Gasteiger partial charge >= 0.3 is 0 Å². The first-order chi connectivity index (χ1) is 15.5. The van der Waals surface area contributed by atoms with Crippen LogP contribution in [-0.2, 0) is 6.54 Å². The summed E-state index contributed by atoms with van der Waals surface area (Å²) in [5, 5.41) is 2.15. The molecule has 1 aromatic carbocycles. The molecule has 1 aromatic heterocycles. The van der Waals surface area contributed by atoms with Crippen molar-refractivity contribution in [2.45, 2.75) is 76.4 Å². The molecule has 2 fully saturated rings. The number of nitrogen functional groups attached to an aromatic ring is 1. The number of aromatic nitrogens is 2. The van der Waals surface area contributed by atoms with E-state index in [2.05, 4.69) is 27.3 Å². The SMILES string of the molecule is CN(Cc1ccc(C(=O)NN(c2nc(N)ncc2Cl)C2CCCC2)cc1)C1CCCCC1. The van der Waals surface area contributed by atoms with Gasteiger partial charge in [0.15, 0.2) is 5.82 Å². The molecule has 0 saturated heterocycles. The van der Waals surface area contributed by atoms with Crippen LogP contribution in [0.3, 0.4) is 0 Å². The minimum atomic E-state index is -0.183. The number of hydrazine groups is 1. The summed E-state index contributed by atoms with van der Waals surface area (Å²) in [6.07, 6.45) is 12.2. The number of nitrogens with two attached hydrogens (primary N) is 1. The van der Waals surface area contributed by atoms with E-state index in [-0.39, 0.29) is 17.9 Å². The minimum Gasteiger partial charge on any atom is -0.368 e. The maximum absolute atomic E-state index is 13.1.